The van der Waals surface area contributed by atoms with Gasteiger partial charge in [-0.1, -0.05) is 24.0 Å². The standard InChI is InChI=1S/C12H11BrO/c13-12-6-2-1-4-10(12)7-8-11-5-3-9-14-11/h1-2,4,6,11H,3,5,9H2/t11-/m0/s1. The van der Waals surface area contributed by atoms with E-state index in [9.17, 15) is 0 Å². The van der Waals surface area contributed by atoms with Crippen LogP contribution in [0.2, 0.25) is 0 Å². The summed E-state index contributed by atoms with van der Waals surface area (Å²) >= 11 is 3.46. The van der Waals surface area contributed by atoms with E-state index in [2.05, 4.69) is 27.8 Å². The molecule has 0 spiro atoms. The Morgan fingerprint density at radius 3 is 2.93 bits per heavy atom. The molecule has 1 aliphatic rings. The van der Waals surface area contributed by atoms with E-state index in [0.717, 1.165) is 29.5 Å². The molecular weight excluding hydrogens is 240 g/mol. The topological polar surface area (TPSA) is 9.23 Å². The Kier molecular flexibility index (Phi) is 3.23. The molecule has 2 heteroatoms. The van der Waals surface area contributed by atoms with Crippen molar-refractivity contribution in [2.45, 2.75) is 18.9 Å². The molecule has 2 rings (SSSR count). The molecule has 1 aromatic carbocycles. The van der Waals surface area contributed by atoms with E-state index in [1.165, 1.54) is 0 Å². The van der Waals surface area contributed by atoms with Crippen LogP contribution < -0.4 is 0 Å². The summed E-state index contributed by atoms with van der Waals surface area (Å²) in [6.45, 7) is 0.856. The Bertz CT molecular complexity index is 369. The highest BCUT2D eigenvalue weighted by molar-refractivity contribution is 9.10. The first-order chi connectivity index (χ1) is 6.86. The third kappa shape index (κ3) is 2.37. The summed E-state index contributed by atoms with van der Waals surface area (Å²) in [4.78, 5) is 0. The zero-order valence-corrected chi connectivity index (χ0v) is 9.38. The summed E-state index contributed by atoms with van der Waals surface area (Å²) in [6.07, 6.45) is 2.34. The quantitative estimate of drug-likeness (QED) is 0.644. The van der Waals surface area contributed by atoms with Crippen LogP contribution in [0, 0.1) is 11.8 Å². The van der Waals surface area contributed by atoms with Gasteiger partial charge in [0.1, 0.15) is 6.10 Å². The van der Waals surface area contributed by atoms with Gasteiger partial charge in [0, 0.05) is 16.6 Å². The maximum atomic E-state index is 5.43. The minimum absolute atomic E-state index is 0.141. The molecule has 1 nitrogen and oxygen atoms in total. The highest BCUT2D eigenvalue weighted by atomic mass is 79.9. The van der Waals surface area contributed by atoms with Crippen LogP contribution >= 0.6 is 15.9 Å². The van der Waals surface area contributed by atoms with Gasteiger partial charge in [-0.3, -0.25) is 0 Å². The summed E-state index contributed by atoms with van der Waals surface area (Å²) in [5, 5.41) is 0. The third-order valence-electron chi connectivity index (χ3n) is 2.17. The van der Waals surface area contributed by atoms with Crippen molar-refractivity contribution in [2.75, 3.05) is 6.61 Å². The number of hydrogen-bond donors (Lipinski definition) is 0. The van der Waals surface area contributed by atoms with E-state index < -0.39 is 0 Å². The Hall–Kier alpha value is -0.780. The van der Waals surface area contributed by atoms with Crippen LogP contribution in [0.3, 0.4) is 0 Å². The summed E-state index contributed by atoms with van der Waals surface area (Å²) < 4.78 is 6.47. The van der Waals surface area contributed by atoms with Gasteiger partial charge in [-0.05, 0) is 40.9 Å². The lowest BCUT2D eigenvalue weighted by Gasteiger charge is -1.98. The largest absolute Gasteiger partial charge is 0.366 e. The van der Waals surface area contributed by atoms with Crippen molar-refractivity contribution < 1.29 is 4.74 Å². The molecule has 0 bridgehead atoms. The molecule has 1 aliphatic heterocycles. The molecule has 1 heterocycles. The zero-order valence-electron chi connectivity index (χ0n) is 7.79. The molecule has 72 valence electrons. The maximum absolute atomic E-state index is 5.43. The number of benzene rings is 1. The highest BCUT2D eigenvalue weighted by Crippen LogP contribution is 2.15. The predicted octanol–water partition coefficient (Wildman–Crippen LogP) is 2.98. The van der Waals surface area contributed by atoms with Crippen molar-refractivity contribution in [3.8, 4) is 11.8 Å². The van der Waals surface area contributed by atoms with Gasteiger partial charge >= 0.3 is 0 Å². The molecule has 0 N–H and O–H groups in total. The summed E-state index contributed by atoms with van der Waals surface area (Å²) in [7, 11) is 0. The number of ether oxygens (including phenoxy) is 1. The molecular formula is C12H11BrO. The number of hydrogen-bond acceptors (Lipinski definition) is 1. The molecule has 1 atom stereocenters. The van der Waals surface area contributed by atoms with Crippen LogP contribution in [0.15, 0.2) is 28.7 Å². The van der Waals surface area contributed by atoms with Crippen LogP contribution in [0.5, 0.6) is 0 Å². The second kappa shape index (κ2) is 4.63. The van der Waals surface area contributed by atoms with Crippen LogP contribution in [-0.4, -0.2) is 12.7 Å². The molecule has 0 amide bonds. The molecule has 1 aromatic rings. The van der Waals surface area contributed by atoms with E-state index in [1.807, 2.05) is 24.3 Å². The number of halogens is 1. The van der Waals surface area contributed by atoms with E-state index in [1.54, 1.807) is 0 Å². The summed E-state index contributed by atoms with van der Waals surface area (Å²) in [6, 6.07) is 7.98. The molecule has 0 unspecified atom stereocenters. The van der Waals surface area contributed by atoms with Crippen LogP contribution in [0.25, 0.3) is 0 Å². The minimum atomic E-state index is 0.141. The molecule has 1 saturated heterocycles. The van der Waals surface area contributed by atoms with Crippen molar-refractivity contribution >= 4 is 15.9 Å². The molecule has 0 aliphatic carbocycles. The van der Waals surface area contributed by atoms with E-state index >= 15 is 0 Å². The lowest BCUT2D eigenvalue weighted by Crippen LogP contribution is -1.99. The van der Waals surface area contributed by atoms with E-state index in [4.69, 9.17) is 4.74 Å². The Morgan fingerprint density at radius 1 is 1.36 bits per heavy atom. The Morgan fingerprint density at radius 2 is 2.21 bits per heavy atom. The average molecular weight is 251 g/mol. The van der Waals surface area contributed by atoms with Crippen molar-refractivity contribution in [2.24, 2.45) is 0 Å². The first-order valence-corrected chi connectivity index (χ1v) is 5.53. The molecule has 1 fully saturated rings. The average Bonchev–Trinajstić information content (AvgIpc) is 2.69. The van der Waals surface area contributed by atoms with Crippen LogP contribution in [0.4, 0.5) is 0 Å². The number of rotatable bonds is 0. The Labute approximate surface area is 92.6 Å². The van der Waals surface area contributed by atoms with E-state index in [-0.39, 0.29) is 6.10 Å². The van der Waals surface area contributed by atoms with Crippen molar-refractivity contribution in [3.63, 3.8) is 0 Å². The fraction of sp³-hybridized carbons (Fsp3) is 0.333. The second-order valence-electron chi connectivity index (χ2n) is 3.25. The van der Waals surface area contributed by atoms with Gasteiger partial charge in [-0.25, -0.2) is 0 Å². The summed E-state index contributed by atoms with van der Waals surface area (Å²) in [5.74, 6) is 6.27. The van der Waals surface area contributed by atoms with Crippen molar-refractivity contribution in [1.29, 1.82) is 0 Å². The fourth-order valence-electron chi connectivity index (χ4n) is 1.41. The van der Waals surface area contributed by atoms with Gasteiger partial charge in [0.15, 0.2) is 0 Å². The van der Waals surface area contributed by atoms with Gasteiger partial charge in [0.2, 0.25) is 0 Å². The van der Waals surface area contributed by atoms with Gasteiger partial charge in [0.05, 0.1) is 0 Å². The third-order valence-corrected chi connectivity index (χ3v) is 2.86. The molecule has 0 radical (unpaired) electrons. The second-order valence-corrected chi connectivity index (χ2v) is 4.11. The maximum Gasteiger partial charge on any atom is 0.118 e. The van der Waals surface area contributed by atoms with Gasteiger partial charge in [-0.2, -0.15) is 0 Å². The zero-order chi connectivity index (χ0) is 9.80. The predicted molar refractivity (Wildman–Crippen MR) is 60.0 cm³/mol. The lowest BCUT2D eigenvalue weighted by molar-refractivity contribution is 0.152. The first kappa shape index (κ1) is 9.76. The monoisotopic (exact) mass is 250 g/mol. The van der Waals surface area contributed by atoms with Gasteiger partial charge in [0.25, 0.3) is 0 Å². The highest BCUT2D eigenvalue weighted by Gasteiger charge is 2.11. The summed E-state index contributed by atoms with van der Waals surface area (Å²) in [5.41, 5.74) is 1.03. The molecule has 0 saturated carbocycles. The van der Waals surface area contributed by atoms with E-state index in [0.29, 0.717) is 0 Å². The minimum Gasteiger partial charge on any atom is -0.366 e. The Balaban J connectivity index is 2.12. The molecule has 14 heavy (non-hydrogen) atoms. The molecule has 0 aromatic heterocycles. The van der Waals surface area contributed by atoms with Crippen LogP contribution in [0.1, 0.15) is 18.4 Å². The normalized spacial score (nSPS) is 20.2. The smallest absolute Gasteiger partial charge is 0.118 e. The first-order valence-electron chi connectivity index (χ1n) is 4.74. The van der Waals surface area contributed by atoms with Crippen molar-refractivity contribution in [3.05, 3.63) is 34.3 Å². The van der Waals surface area contributed by atoms with Crippen LogP contribution in [-0.2, 0) is 4.74 Å². The SMILES string of the molecule is Brc1ccccc1C#C[C@@H]1CCCO1. The fourth-order valence-corrected chi connectivity index (χ4v) is 1.80. The van der Waals surface area contributed by atoms with Gasteiger partial charge in [-0.15, -0.1) is 0 Å². The van der Waals surface area contributed by atoms with Crippen molar-refractivity contribution in [1.82, 2.24) is 0 Å². The lowest BCUT2D eigenvalue weighted by atomic mass is 10.2. The van der Waals surface area contributed by atoms with Gasteiger partial charge < -0.3 is 4.74 Å².